The number of hydrogen-bond acceptors (Lipinski definition) is 6. The highest BCUT2D eigenvalue weighted by Crippen LogP contribution is 2.36. The average Bonchev–Trinajstić information content (AvgIpc) is 3.17. The molecule has 0 saturated carbocycles. The van der Waals surface area contributed by atoms with E-state index in [1.165, 1.54) is 11.3 Å². The summed E-state index contributed by atoms with van der Waals surface area (Å²) in [5, 5.41) is 2.93. The second-order valence-corrected chi connectivity index (χ2v) is 12.7. The molecule has 1 fully saturated rings. The van der Waals surface area contributed by atoms with Crippen LogP contribution in [0.2, 0.25) is 5.02 Å². The zero-order valence-electron chi connectivity index (χ0n) is 20.4. The van der Waals surface area contributed by atoms with Crippen molar-refractivity contribution in [2.75, 3.05) is 25.9 Å². The van der Waals surface area contributed by atoms with Crippen LogP contribution in [0.15, 0.2) is 46.3 Å². The van der Waals surface area contributed by atoms with E-state index in [9.17, 15) is 18.0 Å². The number of hydrogen-bond donors (Lipinski definition) is 1. The first-order valence-electron chi connectivity index (χ1n) is 11.8. The van der Waals surface area contributed by atoms with E-state index in [4.69, 9.17) is 17.3 Å². The van der Waals surface area contributed by atoms with Gasteiger partial charge in [-0.05, 0) is 65.6 Å². The number of thiazole rings is 1. The van der Waals surface area contributed by atoms with Gasteiger partial charge in [-0.15, -0.1) is 0 Å². The highest BCUT2D eigenvalue weighted by molar-refractivity contribution is 7.91. The number of carbonyl (C=O) groups excluding carboxylic acids is 2. The Morgan fingerprint density at radius 2 is 1.78 bits per heavy atom. The molecule has 8 nitrogen and oxygen atoms in total. The van der Waals surface area contributed by atoms with Crippen LogP contribution in [0.1, 0.15) is 31.4 Å². The Morgan fingerprint density at radius 3 is 2.44 bits per heavy atom. The quantitative estimate of drug-likeness (QED) is 0.455. The fraction of sp³-hybridized carbons (Fsp3) is 0.400. The van der Waals surface area contributed by atoms with Crippen LogP contribution in [0.4, 0.5) is 5.00 Å². The van der Waals surface area contributed by atoms with Crippen LogP contribution in [-0.2, 0) is 32.9 Å². The van der Waals surface area contributed by atoms with E-state index in [1.54, 1.807) is 43.4 Å². The standard InChI is InChI=1S/C25H29ClN4O4S2/c1-28-25-29(2)21(16-22(27)31)24(35-25)30(11-4-3-5-12-30)23(32)10-13-36(33,34)20-9-7-17-14-19(26)8-6-18(17)15-20/h6-9,14-15H,3-5,10-13,16H2,1-2H3,(H-,27,31)/p+1/b28-25-. The van der Waals surface area contributed by atoms with Gasteiger partial charge in [0.05, 0.1) is 36.6 Å². The molecule has 0 bridgehead atoms. The molecule has 0 unspecified atom stereocenters. The first kappa shape index (κ1) is 26.5. The summed E-state index contributed by atoms with van der Waals surface area (Å²) >= 11 is 7.41. The molecule has 2 amide bonds. The highest BCUT2D eigenvalue weighted by atomic mass is 35.5. The number of piperidine rings is 1. The Balaban J connectivity index is 1.66. The van der Waals surface area contributed by atoms with E-state index in [-0.39, 0.29) is 33.9 Å². The Morgan fingerprint density at radius 1 is 1.11 bits per heavy atom. The van der Waals surface area contributed by atoms with Gasteiger partial charge in [-0.2, -0.15) is 0 Å². The number of halogens is 1. The van der Waals surface area contributed by atoms with Crippen molar-refractivity contribution in [1.82, 2.24) is 9.05 Å². The second-order valence-electron chi connectivity index (χ2n) is 9.15. The molecule has 0 radical (unpaired) electrons. The molecule has 1 aliphatic heterocycles. The van der Waals surface area contributed by atoms with Crippen LogP contribution in [-0.4, -0.2) is 50.7 Å². The number of sulfone groups is 1. The minimum Gasteiger partial charge on any atom is -0.369 e. The number of fused-ring (bicyclic) bond motifs is 1. The van der Waals surface area contributed by atoms with Crippen molar-refractivity contribution < 1.29 is 18.0 Å². The maximum absolute atomic E-state index is 13.8. The molecule has 0 aliphatic carbocycles. The number of aromatic nitrogens is 1. The summed E-state index contributed by atoms with van der Waals surface area (Å²) in [5.74, 6) is -0.949. The number of amides is 2. The third-order valence-electron chi connectivity index (χ3n) is 6.82. The molecule has 0 spiro atoms. The molecule has 0 atom stereocenters. The van der Waals surface area contributed by atoms with Crippen molar-refractivity contribution in [1.29, 1.82) is 0 Å². The molecule has 2 heterocycles. The van der Waals surface area contributed by atoms with Gasteiger partial charge >= 0.3 is 5.91 Å². The van der Waals surface area contributed by atoms with Gasteiger partial charge in [0.25, 0.3) is 0 Å². The Hall–Kier alpha value is -2.53. The third-order valence-corrected chi connectivity index (χ3v) is 10.2. The summed E-state index contributed by atoms with van der Waals surface area (Å²) in [6.07, 6.45) is 2.53. The van der Waals surface area contributed by atoms with Gasteiger partial charge in [0, 0.05) is 19.1 Å². The SMILES string of the molecule is C/N=c1\sc([N+]2(C(=O)CCS(=O)(=O)c3ccc4cc(Cl)ccc4c3)CCCCC2)c(CC(N)=O)n1C. The summed E-state index contributed by atoms with van der Waals surface area (Å²) in [6.45, 7) is 1.12. The highest BCUT2D eigenvalue weighted by Gasteiger charge is 2.44. The Bertz CT molecular complexity index is 1500. The lowest BCUT2D eigenvalue weighted by atomic mass is 10.1. The number of benzene rings is 2. The smallest absolute Gasteiger partial charge is 0.320 e. The van der Waals surface area contributed by atoms with Gasteiger partial charge in [0.15, 0.2) is 14.6 Å². The lowest BCUT2D eigenvalue weighted by Crippen LogP contribution is -2.57. The van der Waals surface area contributed by atoms with Crippen LogP contribution >= 0.6 is 22.9 Å². The van der Waals surface area contributed by atoms with Crippen molar-refractivity contribution in [2.45, 2.75) is 37.0 Å². The predicted octanol–water partition coefficient (Wildman–Crippen LogP) is 3.33. The summed E-state index contributed by atoms with van der Waals surface area (Å²) < 4.78 is 28.3. The second kappa shape index (κ2) is 10.5. The summed E-state index contributed by atoms with van der Waals surface area (Å²) in [6, 6.07) is 10.2. The number of nitrogens with zero attached hydrogens (tertiary/aromatic N) is 3. The lowest BCUT2D eigenvalue weighted by molar-refractivity contribution is -0.130. The zero-order chi connectivity index (χ0) is 26.1. The summed E-state index contributed by atoms with van der Waals surface area (Å²) in [4.78, 5) is 30.9. The van der Waals surface area contributed by atoms with E-state index >= 15 is 0 Å². The molecule has 1 aliphatic rings. The number of nitrogens with two attached hydrogens (primary N) is 1. The fourth-order valence-electron chi connectivity index (χ4n) is 4.92. The minimum atomic E-state index is -3.70. The monoisotopic (exact) mass is 549 g/mol. The van der Waals surface area contributed by atoms with Gasteiger partial charge in [0.2, 0.25) is 10.9 Å². The van der Waals surface area contributed by atoms with Gasteiger partial charge < -0.3 is 10.3 Å². The molecule has 2 aromatic carbocycles. The first-order chi connectivity index (χ1) is 17.1. The molecule has 36 heavy (non-hydrogen) atoms. The van der Waals surface area contributed by atoms with Crippen molar-refractivity contribution in [3.8, 4) is 0 Å². The number of rotatable bonds is 7. The van der Waals surface area contributed by atoms with Crippen molar-refractivity contribution in [2.24, 2.45) is 17.8 Å². The van der Waals surface area contributed by atoms with Crippen molar-refractivity contribution >= 4 is 60.4 Å². The fourth-order valence-corrected chi connectivity index (χ4v) is 7.66. The molecular weight excluding hydrogens is 520 g/mol. The third kappa shape index (κ3) is 5.13. The normalized spacial score (nSPS) is 16.4. The van der Waals surface area contributed by atoms with Gasteiger partial charge in [-0.25, -0.2) is 17.7 Å². The van der Waals surface area contributed by atoms with Crippen LogP contribution in [0.25, 0.3) is 10.8 Å². The van der Waals surface area contributed by atoms with E-state index in [0.29, 0.717) is 28.6 Å². The number of carbonyl (C=O) groups is 2. The molecular formula is C25H30ClN4O4S2+. The Labute approximate surface area is 219 Å². The number of likely N-dealkylation sites (tertiary alicyclic amines) is 1. The molecule has 3 aromatic rings. The number of primary amides is 1. The molecule has 11 heteroatoms. The van der Waals surface area contributed by atoms with Crippen LogP contribution < -0.4 is 15.0 Å². The van der Waals surface area contributed by atoms with Crippen LogP contribution in [0.3, 0.4) is 0 Å². The van der Waals surface area contributed by atoms with E-state index < -0.39 is 15.7 Å². The summed E-state index contributed by atoms with van der Waals surface area (Å²) in [5.41, 5.74) is 6.20. The largest absolute Gasteiger partial charge is 0.369 e. The average molecular weight is 550 g/mol. The molecule has 4 rings (SSSR count). The van der Waals surface area contributed by atoms with E-state index in [2.05, 4.69) is 4.99 Å². The molecule has 192 valence electrons. The summed E-state index contributed by atoms with van der Waals surface area (Å²) in [7, 11) is -0.228. The predicted molar refractivity (Wildman–Crippen MR) is 144 cm³/mol. The number of quaternary nitrogens is 1. The van der Waals surface area contributed by atoms with Gasteiger partial charge in [-0.3, -0.25) is 9.79 Å². The molecule has 1 saturated heterocycles. The van der Waals surface area contributed by atoms with E-state index in [1.807, 2.05) is 11.6 Å². The van der Waals surface area contributed by atoms with E-state index in [0.717, 1.165) is 35.0 Å². The van der Waals surface area contributed by atoms with Crippen LogP contribution in [0, 0.1) is 0 Å². The van der Waals surface area contributed by atoms with Crippen LogP contribution in [0.5, 0.6) is 0 Å². The zero-order valence-corrected chi connectivity index (χ0v) is 22.8. The molecule has 1 aromatic heterocycles. The topological polar surface area (TPSA) is 112 Å². The maximum Gasteiger partial charge on any atom is 0.320 e. The maximum atomic E-state index is 13.8. The van der Waals surface area contributed by atoms with Gasteiger partial charge in [0.1, 0.15) is 5.69 Å². The van der Waals surface area contributed by atoms with Crippen molar-refractivity contribution in [3.63, 3.8) is 0 Å². The van der Waals surface area contributed by atoms with Gasteiger partial charge in [-0.1, -0.05) is 23.7 Å². The lowest BCUT2D eigenvalue weighted by Gasteiger charge is -2.37. The van der Waals surface area contributed by atoms with Crippen molar-refractivity contribution in [3.05, 3.63) is 51.9 Å². The first-order valence-corrected chi connectivity index (χ1v) is 14.6. The Kier molecular flexibility index (Phi) is 7.70. The minimum absolute atomic E-state index is 0.00939. The molecule has 2 N–H and O–H groups in total.